The number of carbonyl (C=O) groups is 1. The van der Waals surface area contributed by atoms with Crippen molar-refractivity contribution in [3.8, 4) is 17.3 Å². The fourth-order valence-corrected chi connectivity index (χ4v) is 5.64. The van der Waals surface area contributed by atoms with Crippen LogP contribution in [0.2, 0.25) is 0 Å². The van der Waals surface area contributed by atoms with E-state index in [1.807, 2.05) is 29.2 Å². The lowest BCUT2D eigenvalue weighted by Crippen LogP contribution is -2.52. The predicted octanol–water partition coefficient (Wildman–Crippen LogP) is 2.67. The fraction of sp³-hybridized carbons (Fsp3) is 0.269. The molecule has 0 amide bonds. The van der Waals surface area contributed by atoms with E-state index in [9.17, 15) is 4.79 Å². The molecule has 0 aliphatic carbocycles. The molecular formula is C26H25N9O3S. The van der Waals surface area contributed by atoms with Crippen LogP contribution in [0.1, 0.15) is 34.9 Å². The van der Waals surface area contributed by atoms with Crippen molar-refractivity contribution in [3.63, 3.8) is 0 Å². The molecule has 1 saturated heterocycles. The van der Waals surface area contributed by atoms with Gasteiger partial charge in [0.1, 0.15) is 27.1 Å². The Kier molecular flexibility index (Phi) is 6.45. The van der Waals surface area contributed by atoms with Crippen LogP contribution in [-0.4, -0.2) is 61.7 Å². The summed E-state index contributed by atoms with van der Waals surface area (Å²) in [6, 6.07) is 9.34. The molecule has 1 spiro atoms. The highest BCUT2D eigenvalue weighted by Gasteiger charge is 2.48. The Labute approximate surface area is 228 Å². The number of ether oxygens (including phenoxy) is 2. The normalized spacial score (nSPS) is 17.5. The summed E-state index contributed by atoms with van der Waals surface area (Å²) in [4.78, 5) is 41.0. The largest absolute Gasteiger partial charge is 0.485 e. The van der Waals surface area contributed by atoms with Crippen molar-refractivity contribution >= 4 is 29.4 Å². The molecule has 3 aromatic heterocycles. The highest BCUT2D eigenvalue weighted by molar-refractivity contribution is 7.99. The molecule has 5 heterocycles. The van der Waals surface area contributed by atoms with Crippen LogP contribution < -0.4 is 21.1 Å². The maximum Gasteiger partial charge on any atom is 0.360 e. The maximum absolute atomic E-state index is 12.8. The molecule has 198 valence electrons. The molecule has 1 atom stereocenters. The number of nitrogens with zero attached hydrogens (tertiary/aromatic N) is 7. The minimum absolute atomic E-state index is 0.0771. The first-order chi connectivity index (χ1) is 19.0. The minimum atomic E-state index is -0.608. The number of rotatable bonds is 5. The second kappa shape index (κ2) is 10.1. The molecule has 0 unspecified atom stereocenters. The van der Waals surface area contributed by atoms with Gasteiger partial charge in [-0.15, -0.1) is 0 Å². The number of hydrogen-bond acceptors (Lipinski definition) is 13. The van der Waals surface area contributed by atoms with E-state index in [4.69, 9.17) is 20.9 Å². The highest BCUT2D eigenvalue weighted by Crippen LogP contribution is 2.47. The van der Waals surface area contributed by atoms with Crippen LogP contribution in [0.3, 0.4) is 0 Å². The number of anilines is 2. The standard InChI is InChI=1S/C26H25N9O3S/c1-37-25(36)19-23(35-12-7-26(8-13-35)20(27)15-4-2-3-5-17(15)38-26)34-21(28)24(33-19)39-18-6-9-31-22(32-18)16-14-29-10-11-30-16/h2-6,9-11,14,20H,7-8,12-13,27H2,1H3,(H2,28,34)/t20-/m1/s1. The Hall–Kier alpha value is -4.36. The van der Waals surface area contributed by atoms with Gasteiger partial charge in [0.25, 0.3) is 0 Å². The quantitative estimate of drug-likeness (QED) is 0.279. The van der Waals surface area contributed by atoms with Gasteiger partial charge in [-0.05, 0) is 23.9 Å². The van der Waals surface area contributed by atoms with E-state index in [0.717, 1.165) is 11.3 Å². The number of hydrogen-bond donors (Lipinski definition) is 2. The number of aromatic nitrogens is 6. The minimum Gasteiger partial charge on any atom is -0.485 e. The number of esters is 1. The molecule has 6 rings (SSSR count). The first-order valence-corrected chi connectivity index (χ1v) is 13.1. The lowest BCUT2D eigenvalue weighted by molar-refractivity contribution is 0.0429. The van der Waals surface area contributed by atoms with Gasteiger partial charge in [-0.1, -0.05) is 18.2 Å². The van der Waals surface area contributed by atoms with Gasteiger partial charge in [0.15, 0.2) is 23.2 Å². The Morgan fingerprint density at radius 2 is 1.92 bits per heavy atom. The van der Waals surface area contributed by atoms with Crippen LogP contribution in [0.15, 0.2) is 65.2 Å². The van der Waals surface area contributed by atoms with Crippen molar-refractivity contribution in [1.29, 1.82) is 0 Å². The van der Waals surface area contributed by atoms with Crippen LogP contribution >= 0.6 is 11.8 Å². The van der Waals surface area contributed by atoms with Crippen molar-refractivity contribution in [3.05, 3.63) is 66.4 Å². The molecule has 2 aliphatic heterocycles. The summed E-state index contributed by atoms with van der Waals surface area (Å²) < 4.78 is 11.4. The molecule has 1 fully saturated rings. The summed E-state index contributed by atoms with van der Waals surface area (Å²) in [5.74, 6) is 1.16. The zero-order valence-corrected chi connectivity index (χ0v) is 21.8. The molecule has 0 radical (unpaired) electrons. The SMILES string of the molecule is COC(=O)c1nc(Sc2ccnc(-c3cnccn3)n2)c(N)nc1N1CCC2(CC1)Oc1ccccc1[C@H]2N. The van der Waals surface area contributed by atoms with E-state index in [2.05, 4.69) is 29.9 Å². The molecule has 13 heteroatoms. The van der Waals surface area contributed by atoms with Gasteiger partial charge < -0.3 is 25.8 Å². The molecule has 4 N–H and O–H groups in total. The number of para-hydroxylation sites is 1. The van der Waals surface area contributed by atoms with Crippen molar-refractivity contribution in [1.82, 2.24) is 29.9 Å². The summed E-state index contributed by atoms with van der Waals surface area (Å²) >= 11 is 1.17. The van der Waals surface area contributed by atoms with E-state index >= 15 is 0 Å². The number of methoxy groups -OCH3 is 1. The second-order valence-corrected chi connectivity index (χ2v) is 10.2. The molecule has 39 heavy (non-hydrogen) atoms. The Morgan fingerprint density at radius 1 is 1.10 bits per heavy atom. The number of nitrogens with two attached hydrogens (primary N) is 2. The van der Waals surface area contributed by atoms with Crippen molar-refractivity contribution in [2.45, 2.75) is 34.5 Å². The third-order valence-corrected chi connectivity index (χ3v) is 7.85. The molecule has 0 saturated carbocycles. The molecule has 2 aliphatic rings. The zero-order chi connectivity index (χ0) is 27.0. The first-order valence-electron chi connectivity index (χ1n) is 12.3. The molecule has 4 aromatic rings. The number of nitrogen functional groups attached to an aromatic ring is 1. The number of carbonyl (C=O) groups excluding carboxylic acids is 1. The van der Waals surface area contributed by atoms with Crippen LogP contribution in [0.5, 0.6) is 5.75 Å². The average molecular weight is 544 g/mol. The van der Waals surface area contributed by atoms with E-state index < -0.39 is 11.6 Å². The smallest absolute Gasteiger partial charge is 0.360 e. The van der Waals surface area contributed by atoms with Gasteiger partial charge in [0, 0.05) is 50.1 Å². The molecular weight excluding hydrogens is 518 g/mol. The van der Waals surface area contributed by atoms with E-state index in [1.165, 1.54) is 18.9 Å². The average Bonchev–Trinajstić information content (AvgIpc) is 3.25. The Bertz CT molecular complexity index is 1530. The Balaban J connectivity index is 1.25. The van der Waals surface area contributed by atoms with Crippen LogP contribution in [-0.2, 0) is 4.74 Å². The van der Waals surface area contributed by atoms with Crippen LogP contribution in [0.25, 0.3) is 11.5 Å². The van der Waals surface area contributed by atoms with Crippen molar-refractivity contribution < 1.29 is 14.3 Å². The summed E-state index contributed by atoms with van der Waals surface area (Å²) in [6.07, 6.45) is 7.62. The lowest BCUT2D eigenvalue weighted by atomic mass is 9.83. The summed E-state index contributed by atoms with van der Waals surface area (Å²) in [5.41, 5.74) is 14.1. The predicted molar refractivity (Wildman–Crippen MR) is 143 cm³/mol. The molecule has 1 aromatic carbocycles. The van der Waals surface area contributed by atoms with Gasteiger partial charge in [0.05, 0.1) is 19.3 Å². The number of piperidine rings is 1. The third kappa shape index (κ3) is 4.59. The lowest BCUT2D eigenvalue weighted by Gasteiger charge is -2.41. The maximum atomic E-state index is 12.8. The monoisotopic (exact) mass is 543 g/mol. The fourth-order valence-electron chi connectivity index (χ4n) is 4.90. The van der Waals surface area contributed by atoms with Gasteiger partial charge in [0.2, 0.25) is 0 Å². The summed E-state index contributed by atoms with van der Waals surface area (Å²) in [7, 11) is 1.31. The molecule has 0 bridgehead atoms. The Morgan fingerprint density at radius 3 is 2.67 bits per heavy atom. The second-order valence-electron chi connectivity index (χ2n) is 9.16. The number of benzene rings is 1. The van der Waals surface area contributed by atoms with Crippen LogP contribution in [0, 0.1) is 0 Å². The van der Waals surface area contributed by atoms with Gasteiger partial charge in [-0.3, -0.25) is 4.98 Å². The van der Waals surface area contributed by atoms with Crippen molar-refractivity contribution in [2.75, 3.05) is 30.8 Å². The van der Waals surface area contributed by atoms with Crippen LogP contribution in [0.4, 0.5) is 11.6 Å². The van der Waals surface area contributed by atoms with E-state index in [0.29, 0.717) is 53.3 Å². The van der Waals surface area contributed by atoms with E-state index in [-0.39, 0.29) is 17.6 Å². The van der Waals surface area contributed by atoms with Gasteiger partial charge in [-0.2, -0.15) is 0 Å². The third-order valence-electron chi connectivity index (χ3n) is 6.92. The topological polar surface area (TPSA) is 168 Å². The number of fused-ring (bicyclic) bond motifs is 1. The first kappa shape index (κ1) is 24.9. The highest BCUT2D eigenvalue weighted by atomic mass is 32.2. The molecule has 12 nitrogen and oxygen atoms in total. The zero-order valence-electron chi connectivity index (χ0n) is 21.0. The summed E-state index contributed by atoms with van der Waals surface area (Å²) in [5, 5.41) is 0.884. The van der Waals surface area contributed by atoms with Gasteiger partial charge in [-0.25, -0.2) is 29.7 Å². The summed E-state index contributed by atoms with van der Waals surface area (Å²) in [6.45, 7) is 1.11. The van der Waals surface area contributed by atoms with Crippen molar-refractivity contribution in [2.24, 2.45) is 5.73 Å². The van der Waals surface area contributed by atoms with E-state index in [1.54, 1.807) is 30.9 Å². The van der Waals surface area contributed by atoms with Gasteiger partial charge >= 0.3 is 5.97 Å².